The summed E-state index contributed by atoms with van der Waals surface area (Å²) in [5.41, 5.74) is 3.43. The van der Waals surface area contributed by atoms with Crippen molar-refractivity contribution in [2.75, 3.05) is 11.1 Å². The normalized spacial score (nSPS) is 11.1. The van der Waals surface area contributed by atoms with Gasteiger partial charge in [-0.05, 0) is 42.7 Å². The van der Waals surface area contributed by atoms with E-state index in [-0.39, 0.29) is 18.3 Å². The molecule has 3 aromatic rings. The van der Waals surface area contributed by atoms with Gasteiger partial charge in [-0.3, -0.25) is 9.78 Å². The third-order valence-corrected chi connectivity index (χ3v) is 5.43. The predicted octanol–water partition coefficient (Wildman–Crippen LogP) is 3.71. The van der Waals surface area contributed by atoms with Crippen molar-refractivity contribution in [3.05, 3.63) is 53.9 Å². The van der Waals surface area contributed by atoms with Gasteiger partial charge in [0, 0.05) is 24.0 Å². The maximum Gasteiger partial charge on any atom is 0.234 e. The Labute approximate surface area is 174 Å². The van der Waals surface area contributed by atoms with E-state index in [1.165, 1.54) is 17.3 Å². The SMILES string of the molecule is CCn1c(SCC(=O)Nc2ccc(C(C)C)cc2)nnc1-c1ccnc(CO)c1. The molecule has 7 nitrogen and oxygen atoms in total. The summed E-state index contributed by atoms with van der Waals surface area (Å²) in [5.74, 6) is 1.30. The van der Waals surface area contributed by atoms with E-state index in [2.05, 4.69) is 34.3 Å². The number of aliphatic hydroxyl groups is 1. The van der Waals surface area contributed by atoms with Crippen molar-refractivity contribution in [2.24, 2.45) is 0 Å². The molecule has 2 aromatic heterocycles. The third kappa shape index (κ3) is 5.21. The quantitative estimate of drug-likeness (QED) is 0.549. The Hall–Kier alpha value is -2.71. The number of nitrogens with zero attached hydrogens (tertiary/aromatic N) is 4. The zero-order chi connectivity index (χ0) is 20.8. The number of carbonyl (C=O) groups excluding carboxylic acids is 1. The van der Waals surface area contributed by atoms with Gasteiger partial charge in [-0.2, -0.15) is 0 Å². The molecule has 0 spiro atoms. The molecule has 0 aliphatic rings. The number of benzene rings is 1. The number of aromatic nitrogens is 4. The number of nitrogens with one attached hydrogen (secondary N) is 1. The number of rotatable bonds is 8. The number of amides is 1. The first-order valence-corrected chi connectivity index (χ1v) is 10.5. The largest absolute Gasteiger partial charge is 0.390 e. The van der Waals surface area contributed by atoms with Crippen LogP contribution in [0.4, 0.5) is 5.69 Å². The highest BCUT2D eigenvalue weighted by molar-refractivity contribution is 7.99. The predicted molar refractivity (Wildman–Crippen MR) is 115 cm³/mol. The summed E-state index contributed by atoms with van der Waals surface area (Å²) in [6.07, 6.45) is 1.64. The Kier molecular flexibility index (Phi) is 7.00. The van der Waals surface area contributed by atoms with Gasteiger partial charge in [-0.25, -0.2) is 0 Å². The molecule has 1 amide bonds. The maximum atomic E-state index is 12.3. The van der Waals surface area contributed by atoms with Gasteiger partial charge in [0.05, 0.1) is 18.1 Å². The first kappa shape index (κ1) is 21.0. The maximum absolute atomic E-state index is 12.3. The minimum Gasteiger partial charge on any atom is -0.390 e. The average Bonchev–Trinajstić information content (AvgIpc) is 3.15. The molecule has 8 heteroatoms. The molecule has 0 radical (unpaired) electrons. The minimum absolute atomic E-state index is 0.0917. The van der Waals surface area contributed by atoms with Gasteiger partial charge in [-0.1, -0.05) is 37.7 Å². The van der Waals surface area contributed by atoms with Crippen LogP contribution in [0.25, 0.3) is 11.4 Å². The lowest BCUT2D eigenvalue weighted by Gasteiger charge is -2.09. The number of pyridine rings is 1. The van der Waals surface area contributed by atoms with Gasteiger partial charge in [0.1, 0.15) is 0 Å². The molecule has 2 heterocycles. The van der Waals surface area contributed by atoms with Crippen molar-refractivity contribution < 1.29 is 9.90 Å². The molecule has 3 rings (SSSR count). The van der Waals surface area contributed by atoms with Crippen molar-refractivity contribution in [3.63, 3.8) is 0 Å². The number of carbonyl (C=O) groups is 1. The van der Waals surface area contributed by atoms with Crippen LogP contribution in [0.15, 0.2) is 47.8 Å². The fraction of sp³-hybridized carbons (Fsp3) is 0.333. The third-order valence-electron chi connectivity index (χ3n) is 4.46. The van der Waals surface area contributed by atoms with Crippen LogP contribution in [0.1, 0.15) is 37.9 Å². The second-order valence-corrected chi connectivity index (χ2v) is 7.80. The van der Waals surface area contributed by atoms with Crippen LogP contribution in [-0.2, 0) is 17.9 Å². The lowest BCUT2D eigenvalue weighted by molar-refractivity contribution is -0.113. The fourth-order valence-electron chi connectivity index (χ4n) is 2.88. The number of hydrogen-bond donors (Lipinski definition) is 2. The highest BCUT2D eigenvalue weighted by atomic mass is 32.2. The summed E-state index contributed by atoms with van der Waals surface area (Å²) in [6, 6.07) is 11.5. The second kappa shape index (κ2) is 9.67. The first-order valence-electron chi connectivity index (χ1n) is 9.53. The van der Waals surface area contributed by atoms with Crippen molar-refractivity contribution in [3.8, 4) is 11.4 Å². The molecular formula is C21H25N5O2S. The molecule has 0 aliphatic heterocycles. The Morgan fingerprint density at radius 3 is 2.62 bits per heavy atom. The van der Waals surface area contributed by atoms with E-state index in [1.54, 1.807) is 12.3 Å². The number of hydrogen-bond acceptors (Lipinski definition) is 6. The second-order valence-electron chi connectivity index (χ2n) is 6.86. The van der Waals surface area contributed by atoms with Gasteiger partial charge in [0.15, 0.2) is 11.0 Å². The molecule has 152 valence electrons. The summed E-state index contributed by atoms with van der Waals surface area (Å²) < 4.78 is 1.95. The Morgan fingerprint density at radius 1 is 1.21 bits per heavy atom. The Morgan fingerprint density at radius 2 is 1.97 bits per heavy atom. The van der Waals surface area contributed by atoms with Gasteiger partial charge < -0.3 is 15.0 Å². The number of thioether (sulfide) groups is 1. The lowest BCUT2D eigenvalue weighted by atomic mass is 10.0. The summed E-state index contributed by atoms with van der Waals surface area (Å²) in [5, 5.41) is 21.4. The molecular weight excluding hydrogens is 386 g/mol. The summed E-state index contributed by atoms with van der Waals surface area (Å²) in [7, 11) is 0. The molecule has 0 saturated carbocycles. The van der Waals surface area contributed by atoms with E-state index >= 15 is 0 Å². The van der Waals surface area contributed by atoms with E-state index in [0.29, 0.717) is 29.1 Å². The van der Waals surface area contributed by atoms with Crippen LogP contribution >= 0.6 is 11.8 Å². The molecule has 0 atom stereocenters. The van der Waals surface area contributed by atoms with Crippen LogP contribution in [0, 0.1) is 0 Å². The molecule has 0 unspecified atom stereocenters. The summed E-state index contributed by atoms with van der Waals surface area (Å²) in [6.45, 7) is 6.81. The topological polar surface area (TPSA) is 92.9 Å². The summed E-state index contributed by atoms with van der Waals surface area (Å²) >= 11 is 1.34. The average molecular weight is 412 g/mol. The molecule has 0 fully saturated rings. The zero-order valence-corrected chi connectivity index (χ0v) is 17.6. The number of aliphatic hydroxyl groups excluding tert-OH is 1. The Balaban J connectivity index is 1.66. The molecule has 29 heavy (non-hydrogen) atoms. The molecule has 0 saturated heterocycles. The van der Waals surface area contributed by atoms with Crippen molar-refractivity contribution in [1.82, 2.24) is 19.7 Å². The van der Waals surface area contributed by atoms with E-state index in [1.807, 2.05) is 41.8 Å². The molecule has 2 N–H and O–H groups in total. The van der Waals surface area contributed by atoms with Gasteiger partial charge in [0.2, 0.25) is 5.91 Å². The molecule has 0 aliphatic carbocycles. The summed E-state index contributed by atoms with van der Waals surface area (Å²) in [4.78, 5) is 16.4. The van der Waals surface area contributed by atoms with Crippen LogP contribution < -0.4 is 5.32 Å². The van der Waals surface area contributed by atoms with E-state index in [0.717, 1.165) is 11.3 Å². The van der Waals surface area contributed by atoms with Crippen LogP contribution in [-0.4, -0.2) is 36.5 Å². The van der Waals surface area contributed by atoms with E-state index < -0.39 is 0 Å². The lowest BCUT2D eigenvalue weighted by Crippen LogP contribution is -2.14. The van der Waals surface area contributed by atoms with E-state index in [4.69, 9.17) is 0 Å². The van der Waals surface area contributed by atoms with Crippen LogP contribution in [0.5, 0.6) is 0 Å². The standard InChI is InChI=1S/C21H25N5O2S/c1-4-26-20(16-9-10-22-18(11-16)12-27)24-25-21(26)29-13-19(28)23-17-7-5-15(6-8-17)14(2)3/h5-11,14,27H,4,12-13H2,1-3H3,(H,23,28). The van der Waals surface area contributed by atoms with Crippen molar-refractivity contribution in [2.45, 2.75) is 45.0 Å². The fourth-order valence-corrected chi connectivity index (χ4v) is 3.68. The zero-order valence-electron chi connectivity index (χ0n) is 16.8. The Bertz CT molecular complexity index is 969. The molecule has 0 bridgehead atoms. The number of anilines is 1. The minimum atomic E-state index is -0.131. The van der Waals surface area contributed by atoms with Gasteiger partial charge in [-0.15, -0.1) is 10.2 Å². The van der Waals surface area contributed by atoms with Gasteiger partial charge in [0.25, 0.3) is 0 Å². The highest BCUT2D eigenvalue weighted by Crippen LogP contribution is 2.24. The smallest absolute Gasteiger partial charge is 0.234 e. The molecule has 1 aromatic carbocycles. The highest BCUT2D eigenvalue weighted by Gasteiger charge is 2.15. The van der Waals surface area contributed by atoms with Crippen molar-refractivity contribution in [1.29, 1.82) is 0 Å². The van der Waals surface area contributed by atoms with Crippen LogP contribution in [0.3, 0.4) is 0 Å². The van der Waals surface area contributed by atoms with Gasteiger partial charge >= 0.3 is 0 Å². The van der Waals surface area contributed by atoms with E-state index in [9.17, 15) is 9.90 Å². The monoisotopic (exact) mass is 411 g/mol. The van der Waals surface area contributed by atoms with Crippen LogP contribution in [0.2, 0.25) is 0 Å². The van der Waals surface area contributed by atoms with Crippen molar-refractivity contribution >= 4 is 23.4 Å². The first-order chi connectivity index (χ1) is 14.0.